The summed E-state index contributed by atoms with van der Waals surface area (Å²) < 4.78 is 5.54. The lowest BCUT2D eigenvalue weighted by Gasteiger charge is -2.05. The summed E-state index contributed by atoms with van der Waals surface area (Å²) in [6, 6.07) is 12.2. The Labute approximate surface area is 159 Å². The van der Waals surface area contributed by atoms with Crippen molar-refractivity contribution in [2.45, 2.75) is 19.1 Å². The molecule has 2 aromatic carbocycles. The number of nitrogens with zero attached hydrogens (tertiary/aromatic N) is 3. The topological polar surface area (TPSA) is 111 Å². The molecule has 0 spiro atoms. The van der Waals surface area contributed by atoms with E-state index < -0.39 is 10.8 Å². The third kappa shape index (κ3) is 4.70. The molecule has 0 aliphatic rings. The highest BCUT2D eigenvalue weighted by atomic mass is 32.2. The smallest absolute Gasteiger partial charge is 0.293 e. The first-order valence-electron chi connectivity index (χ1n) is 8.00. The molecular weight excluding hydrogens is 368 g/mol. The summed E-state index contributed by atoms with van der Waals surface area (Å²) in [6.07, 6.45) is 0. The maximum Gasteiger partial charge on any atom is 0.293 e. The van der Waals surface area contributed by atoms with Crippen molar-refractivity contribution in [1.82, 2.24) is 10.2 Å². The van der Waals surface area contributed by atoms with Gasteiger partial charge in [0, 0.05) is 11.6 Å². The van der Waals surface area contributed by atoms with Gasteiger partial charge in [0.1, 0.15) is 5.69 Å². The van der Waals surface area contributed by atoms with Gasteiger partial charge in [0.05, 0.1) is 10.7 Å². The Kier molecular flexibility index (Phi) is 5.51. The van der Waals surface area contributed by atoms with Crippen LogP contribution in [0.4, 0.5) is 11.4 Å². The second kappa shape index (κ2) is 8.00. The maximum absolute atomic E-state index is 12.1. The number of carbonyl (C=O) groups is 1. The molecule has 3 rings (SSSR count). The number of anilines is 1. The Hall–Kier alpha value is -3.20. The monoisotopic (exact) mass is 384 g/mol. The van der Waals surface area contributed by atoms with Crippen LogP contribution < -0.4 is 5.32 Å². The summed E-state index contributed by atoms with van der Waals surface area (Å²) in [5, 5.41) is 21.8. The summed E-state index contributed by atoms with van der Waals surface area (Å²) in [6.45, 7) is 3.73. The number of aryl methyl sites for hydroxylation is 2. The van der Waals surface area contributed by atoms with Gasteiger partial charge in [0.2, 0.25) is 11.8 Å². The van der Waals surface area contributed by atoms with Gasteiger partial charge in [-0.1, -0.05) is 35.5 Å². The molecule has 0 fully saturated rings. The molecule has 1 amide bonds. The standard InChI is InChI=1S/C18H16N4O4S/c1-11-3-6-13(7-4-11)17-20-21-18(26-17)27-10-16(23)19-14-8-5-12(2)9-15(14)22(24)25/h3-9H,10H2,1-2H3,(H,19,23). The van der Waals surface area contributed by atoms with E-state index in [1.165, 1.54) is 12.1 Å². The Balaban J connectivity index is 1.62. The number of thioether (sulfide) groups is 1. The van der Waals surface area contributed by atoms with Crippen LogP contribution in [0.1, 0.15) is 11.1 Å². The minimum absolute atomic E-state index is 0.0133. The van der Waals surface area contributed by atoms with E-state index in [0.717, 1.165) is 28.5 Å². The largest absolute Gasteiger partial charge is 0.411 e. The fraction of sp³-hybridized carbons (Fsp3) is 0.167. The van der Waals surface area contributed by atoms with E-state index in [9.17, 15) is 14.9 Å². The van der Waals surface area contributed by atoms with Crippen LogP contribution in [0.5, 0.6) is 0 Å². The molecule has 0 saturated heterocycles. The van der Waals surface area contributed by atoms with Gasteiger partial charge in [0.25, 0.3) is 10.9 Å². The quantitative estimate of drug-likeness (QED) is 0.388. The fourth-order valence-electron chi connectivity index (χ4n) is 2.29. The van der Waals surface area contributed by atoms with Gasteiger partial charge in [-0.05, 0) is 37.6 Å². The molecular formula is C18H16N4O4S. The minimum Gasteiger partial charge on any atom is -0.411 e. The molecule has 0 bridgehead atoms. The van der Waals surface area contributed by atoms with Gasteiger partial charge in [0.15, 0.2) is 0 Å². The summed E-state index contributed by atoms with van der Waals surface area (Å²) in [5.74, 6) is -0.0466. The van der Waals surface area contributed by atoms with Crippen molar-refractivity contribution in [3.63, 3.8) is 0 Å². The van der Waals surface area contributed by atoms with Crippen molar-refractivity contribution in [3.8, 4) is 11.5 Å². The molecule has 1 N–H and O–H groups in total. The van der Waals surface area contributed by atoms with Crippen LogP contribution in [0.2, 0.25) is 0 Å². The third-order valence-corrected chi connectivity index (χ3v) is 4.47. The number of nitrogens with one attached hydrogen (secondary N) is 1. The summed E-state index contributed by atoms with van der Waals surface area (Å²) in [7, 11) is 0. The molecule has 9 heteroatoms. The van der Waals surface area contributed by atoms with Crippen LogP contribution in [-0.4, -0.2) is 26.8 Å². The molecule has 27 heavy (non-hydrogen) atoms. The van der Waals surface area contributed by atoms with Gasteiger partial charge >= 0.3 is 0 Å². The van der Waals surface area contributed by atoms with Crippen LogP contribution in [0.15, 0.2) is 52.1 Å². The number of rotatable bonds is 6. The van der Waals surface area contributed by atoms with Crippen LogP contribution in [0.25, 0.3) is 11.5 Å². The molecule has 0 radical (unpaired) electrons. The molecule has 1 aromatic heterocycles. The first kappa shape index (κ1) is 18.6. The number of aromatic nitrogens is 2. The Bertz CT molecular complexity index is 985. The summed E-state index contributed by atoms with van der Waals surface area (Å²) in [4.78, 5) is 22.7. The number of hydrogen-bond donors (Lipinski definition) is 1. The van der Waals surface area contributed by atoms with Gasteiger partial charge in [-0.3, -0.25) is 14.9 Å². The number of amides is 1. The lowest BCUT2D eigenvalue weighted by Crippen LogP contribution is -2.15. The van der Waals surface area contributed by atoms with E-state index in [1.54, 1.807) is 13.0 Å². The first-order valence-corrected chi connectivity index (χ1v) is 8.99. The summed E-state index contributed by atoms with van der Waals surface area (Å²) in [5.41, 5.74) is 2.66. The van der Waals surface area contributed by atoms with Gasteiger partial charge in [-0.25, -0.2) is 0 Å². The van der Waals surface area contributed by atoms with E-state index in [4.69, 9.17) is 4.42 Å². The molecule has 8 nitrogen and oxygen atoms in total. The zero-order chi connectivity index (χ0) is 19.4. The predicted molar refractivity (Wildman–Crippen MR) is 102 cm³/mol. The van der Waals surface area contributed by atoms with E-state index in [2.05, 4.69) is 15.5 Å². The average molecular weight is 384 g/mol. The zero-order valence-electron chi connectivity index (χ0n) is 14.6. The Morgan fingerprint density at radius 1 is 1.15 bits per heavy atom. The average Bonchev–Trinajstić information content (AvgIpc) is 3.11. The van der Waals surface area contributed by atoms with E-state index in [0.29, 0.717) is 5.89 Å². The van der Waals surface area contributed by atoms with Crippen molar-refractivity contribution < 1.29 is 14.1 Å². The maximum atomic E-state index is 12.1. The fourth-order valence-corrected chi connectivity index (χ4v) is 2.86. The first-order chi connectivity index (χ1) is 12.9. The van der Waals surface area contributed by atoms with Crippen LogP contribution >= 0.6 is 11.8 Å². The molecule has 138 valence electrons. The number of benzene rings is 2. The van der Waals surface area contributed by atoms with Gasteiger partial charge in [-0.2, -0.15) is 0 Å². The van der Waals surface area contributed by atoms with Crippen molar-refractivity contribution in [1.29, 1.82) is 0 Å². The zero-order valence-corrected chi connectivity index (χ0v) is 15.4. The second-order valence-corrected chi connectivity index (χ2v) is 6.78. The van der Waals surface area contributed by atoms with Crippen molar-refractivity contribution in [2.24, 2.45) is 0 Å². The predicted octanol–water partition coefficient (Wildman–Crippen LogP) is 3.99. The lowest BCUT2D eigenvalue weighted by atomic mass is 10.1. The minimum atomic E-state index is -0.526. The Morgan fingerprint density at radius 3 is 2.56 bits per heavy atom. The van der Waals surface area contributed by atoms with E-state index >= 15 is 0 Å². The van der Waals surface area contributed by atoms with Crippen LogP contribution in [0.3, 0.4) is 0 Å². The highest BCUT2D eigenvalue weighted by Gasteiger charge is 2.17. The van der Waals surface area contributed by atoms with Crippen molar-refractivity contribution >= 4 is 29.0 Å². The molecule has 3 aromatic rings. The van der Waals surface area contributed by atoms with E-state index in [-0.39, 0.29) is 22.4 Å². The molecule has 0 saturated carbocycles. The lowest BCUT2D eigenvalue weighted by molar-refractivity contribution is -0.384. The number of carbonyl (C=O) groups excluding carboxylic acids is 1. The molecule has 0 atom stereocenters. The van der Waals surface area contributed by atoms with Crippen molar-refractivity contribution in [3.05, 3.63) is 63.7 Å². The number of nitro benzene ring substituents is 1. The third-order valence-electron chi connectivity index (χ3n) is 3.66. The molecule has 0 unspecified atom stereocenters. The van der Waals surface area contributed by atoms with Crippen LogP contribution in [0, 0.1) is 24.0 Å². The van der Waals surface area contributed by atoms with Crippen LogP contribution in [-0.2, 0) is 4.79 Å². The molecule has 0 aliphatic carbocycles. The van der Waals surface area contributed by atoms with E-state index in [1.807, 2.05) is 31.2 Å². The number of hydrogen-bond acceptors (Lipinski definition) is 7. The normalized spacial score (nSPS) is 10.6. The van der Waals surface area contributed by atoms with Crippen molar-refractivity contribution in [2.75, 3.05) is 11.1 Å². The highest BCUT2D eigenvalue weighted by Crippen LogP contribution is 2.27. The molecule has 1 heterocycles. The van der Waals surface area contributed by atoms with Gasteiger partial charge < -0.3 is 9.73 Å². The summed E-state index contributed by atoms with van der Waals surface area (Å²) >= 11 is 1.06. The van der Waals surface area contributed by atoms with Gasteiger partial charge in [-0.15, -0.1) is 10.2 Å². The second-order valence-electron chi connectivity index (χ2n) is 5.85. The molecule has 0 aliphatic heterocycles. The number of nitro groups is 1. The highest BCUT2D eigenvalue weighted by molar-refractivity contribution is 7.99. The Morgan fingerprint density at radius 2 is 1.85 bits per heavy atom. The SMILES string of the molecule is Cc1ccc(-c2nnc(SCC(=O)Nc3ccc(C)cc3[N+](=O)[O-])o2)cc1.